The van der Waals surface area contributed by atoms with E-state index in [0.717, 1.165) is 10.6 Å². The summed E-state index contributed by atoms with van der Waals surface area (Å²) in [6.45, 7) is 5.06. The standard InChI is InChI=1S/C22H23N5O5S/c1-3-31-21(30)14-6-4-5-7-15(14)23-19(28)12-27-9-8-16-18(11-27)33-22(24-16)25-20(29)17-10-13(2)32-26-17/h4-7,10H,3,8-9,11-12H2,1-2H3,(H,23,28)(H,24,25,29). The van der Waals surface area contributed by atoms with Crippen LogP contribution in [0.3, 0.4) is 0 Å². The van der Waals surface area contributed by atoms with Gasteiger partial charge in [-0.3, -0.25) is 19.8 Å². The number of esters is 1. The van der Waals surface area contributed by atoms with Crippen LogP contribution in [0.25, 0.3) is 0 Å². The second kappa shape index (κ2) is 9.92. The number of nitrogens with one attached hydrogen (secondary N) is 2. The molecule has 0 atom stereocenters. The zero-order valence-corrected chi connectivity index (χ0v) is 19.0. The Bertz CT molecular complexity index is 1190. The van der Waals surface area contributed by atoms with Crippen molar-refractivity contribution < 1.29 is 23.6 Å². The molecule has 0 unspecified atom stereocenters. The minimum Gasteiger partial charge on any atom is -0.462 e. The van der Waals surface area contributed by atoms with Crippen molar-refractivity contribution in [1.82, 2.24) is 15.0 Å². The van der Waals surface area contributed by atoms with Crippen LogP contribution in [0.5, 0.6) is 0 Å². The molecule has 0 fully saturated rings. The molecule has 172 valence electrons. The van der Waals surface area contributed by atoms with Gasteiger partial charge in [-0.1, -0.05) is 17.3 Å². The third kappa shape index (κ3) is 5.44. The van der Waals surface area contributed by atoms with Crippen LogP contribution < -0.4 is 10.6 Å². The summed E-state index contributed by atoms with van der Waals surface area (Å²) in [6.07, 6.45) is 0.664. The third-order valence-electron chi connectivity index (χ3n) is 4.96. The topological polar surface area (TPSA) is 127 Å². The summed E-state index contributed by atoms with van der Waals surface area (Å²) in [5.41, 5.74) is 1.85. The van der Waals surface area contributed by atoms with Gasteiger partial charge in [0.25, 0.3) is 5.91 Å². The number of benzene rings is 1. The summed E-state index contributed by atoms with van der Waals surface area (Å²) in [4.78, 5) is 44.5. The monoisotopic (exact) mass is 469 g/mol. The average molecular weight is 470 g/mol. The molecular formula is C22H23N5O5S. The molecule has 0 saturated heterocycles. The lowest BCUT2D eigenvalue weighted by Crippen LogP contribution is -2.37. The van der Waals surface area contributed by atoms with Crippen molar-refractivity contribution in [3.8, 4) is 0 Å². The highest BCUT2D eigenvalue weighted by Crippen LogP contribution is 2.28. The first kappa shape index (κ1) is 22.6. The predicted octanol–water partition coefficient (Wildman–Crippen LogP) is 2.87. The Labute approximate surface area is 193 Å². The first-order valence-electron chi connectivity index (χ1n) is 10.4. The van der Waals surface area contributed by atoms with Gasteiger partial charge in [-0.05, 0) is 26.0 Å². The number of amides is 2. The largest absolute Gasteiger partial charge is 0.462 e. The average Bonchev–Trinajstić information content (AvgIpc) is 3.39. The highest BCUT2D eigenvalue weighted by Gasteiger charge is 2.24. The number of aromatic nitrogens is 2. The summed E-state index contributed by atoms with van der Waals surface area (Å²) in [5, 5.41) is 9.75. The molecule has 2 aromatic heterocycles. The van der Waals surface area contributed by atoms with Crippen LogP contribution in [0.15, 0.2) is 34.9 Å². The van der Waals surface area contributed by atoms with Gasteiger partial charge in [0, 0.05) is 30.5 Å². The molecule has 10 nitrogen and oxygen atoms in total. The van der Waals surface area contributed by atoms with Crippen LogP contribution in [-0.2, 0) is 22.5 Å². The van der Waals surface area contributed by atoms with E-state index in [9.17, 15) is 14.4 Å². The number of carbonyl (C=O) groups excluding carboxylic acids is 3. The Balaban J connectivity index is 1.35. The molecule has 3 aromatic rings. The molecule has 33 heavy (non-hydrogen) atoms. The molecule has 1 aliphatic rings. The molecular weight excluding hydrogens is 446 g/mol. The van der Waals surface area contributed by atoms with Crippen LogP contribution in [0.1, 0.15) is 44.1 Å². The van der Waals surface area contributed by atoms with Crippen LogP contribution in [0.4, 0.5) is 10.8 Å². The van der Waals surface area contributed by atoms with Crippen LogP contribution in [-0.4, -0.2) is 52.5 Å². The fraction of sp³-hybridized carbons (Fsp3) is 0.318. The van der Waals surface area contributed by atoms with Crippen LogP contribution in [0, 0.1) is 6.92 Å². The van der Waals surface area contributed by atoms with Crippen molar-refractivity contribution in [2.24, 2.45) is 0 Å². The predicted molar refractivity (Wildman–Crippen MR) is 121 cm³/mol. The second-order valence-corrected chi connectivity index (χ2v) is 8.52. The van der Waals surface area contributed by atoms with E-state index in [1.165, 1.54) is 11.3 Å². The normalized spacial score (nSPS) is 13.3. The molecule has 2 amide bonds. The lowest BCUT2D eigenvalue weighted by atomic mass is 10.1. The molecule has 1 aromatic carbocycles. The Hall–Kier alpha value is -3.57. The lowest BCUT2D eigenvalue weighted by molar-refractivity contribution is -0.117. The highest BCUT2D eigenvalue weighted by atomic mass is 32.1. The Morgan fingerprint density at radius 3 is 2.82 bits per heavy atom. The number of ether oxygens (including phenoxy) is 1. The van der Waals surface area contributed by atoms with E-state index < -0.39 is 5.97 Å². The molecule has 2 N–H and O–H groups in total. The number of aryl methyl sites for hydroxylation is 1. The van der Waals surface area contributed by atoms with Crippen molar-refractivity contribution in [2.75, 3.05) is 30.3 Å². The molecule has 0 spiro atoms. The Morgan fingerprint density at radius 1 is 1.24 bits per heavy atom. The second-order valence-electron chi connectivity index (χ2n) is 7.44. The van der Waals surface area contributed by atoms with Crippen LogP contribution >= 0.6 is 11.3 Å². The minimum atomic E-state index is -0.476. The number of carbonyl (C=O) groups is 3. The SMILES string of the molecule is CCOC(=O)c1ccccc1NC(=O)CN1CCc2nc(NC(=O)c3cc(C)on3)sc2C1. The summed E-state index contributed by atoms with van der Waals surface area (Å²) in [6, 6.07) is 8.32. The molecule has 3 heterocycles. The third-order valence-corrected chi connectivity index (χ3v) is 5.95. The van der Waals surface area contributed by atoms with Crippen molar-refractivity contribution in [3.63, 3.8) is 0 Å². The number of hydrogen-bond donors (Lipinski definition) is 2. The molecule has 0 bridgehead atoms. The van der Waals surface area contributed by atoms with E-state index in [4.69, 9.17) is 9.26 Å². The first-order chi connectivity index (χ1) is 15.9. The van der Waals surface area contributed by atoms with Gasteiger partial charge >= 0.3 is 5.97 Å². The van der Waals surface area contributed by atoms with Crippen molar-refractivity contribution in [2.45, 2.75) is 26.8 Å². The minimum absolute atomic E-state index is 0.161. The van der Waals surface area contributed by atoms with Gasteiger partial charge in [-0.2, -0.15) is 0 Å². The van der Waals surface area contributed by atoms with Crippen molar-refractivity contribution in [1.29, 1.82) is 0 Å². The number of hydrogen-bond acceptors (Lipinski definition) is 9. The van der Waals surface area contributed by atoms with E-state index in [1.807, 2.05) is 4.90 Å². The zero-order chi connectivity index (χ0) is 23.4. The summed E-state index contributed by atoms with van der Waals surface area (Å²) in [7, 11) is 0. The summed E-state index contributed by atoms with van der Waals surface area (Å²) >= 11 is 1.38. The highest BCUT2D eigenvalue weighted by molar-refractivity contribution is 7.15. The van der Waals surface area contributed by atoms with Gasteiger partial charge < -0.3 is 14.6 Å². The molecule has 4 rings (SSSR count). The number of para-hydroxylation sites is 1. The number of fused-ring (bicyclic) bond motifs is 1. The van der Waals surface area contributed by atoms with E-state index in [1.54, 1.807) is 44.2 Å². The van der Waals surface area contributed by atoms with Gasteiger partial charge in [0.05, 0.1) is 30.1 Å². The van der Waals surface area contributed by atoms with E-state index >= 15 is 0 Å². The maximum atomic E-state index is 12.6. The molecule has 0 radical (unpaired) electrons. The zero-order valence-electron chi connectivity index (χ0n) is 18.2. The quantitative estimate of drug-likeness (QED) is 0.506. The molecule has 11 heteroatoms. The van der Waals surface area contributed by atoms with Gasteiger partial charge in [0.1, 0.15) is 5.76 Å². The van der Waals surface area contributed by atoms with E-state index in [0.29, 0.717) is 41.7 Å². The Kier molecular flexibility index (Phi) is 6.80. The number of thiazole rings is 1. The lowest BCUT2D eigenvalue weighted by Gasteiger charge is -2.25. The summed E-state index contributed by atoms with van der Waals surface area (Å²) < 4.78 is 9.99. The first-order valence-corrected chi connectivity index (χ1v) is 11.3. The van der Waals surface area contributed by atoms with E-state index in [2.05, 4.69) is 20.8 Å². The Morgan fingerprint density at radius 2 is 2.06 bits per heavy atom. The molecule has 1 aliphatic heterocycles. The van der Waals surface area contributed by atoms with Crippen molar-refractivity contribution in [3.05, 3.63) is 57.9 Å². The molecule has 0 saturated carbocycles. The summed E-state index contributed by atoms with van der Waals surface area (Å²) in [5.74, 6) is -0.530. The fourth-order valence-corrected chi connectivity index (χ4v) is 4.49. The smallest absolute Gasteiger partial charge is 0.340 e. The van der Waals surface area contributed by atoms with Crippen LogP contribution in [0.2, 0.25) is 0 Å². The fourth-order valence-electron chi connectivity index (χ4n) is 3.44. The number of nitrogens with zero attached hydrogens (tertiary/aromatic N) is 3. The number of rotatable bonds is 7. The van der Waals surface area contributed by atoms with Gasteiger partial charge in [0.15, 0.2) is 10.8 Å². The van der Waals surface area contributed by atoms with Gasteiger partial charge in [-0.15, -0.1) is 11.3 Å². The van der Waals surface area contributed by atoms with E-state index in [-0.39, 0.29) is 30.7 Å². The number of anilines is 2. The maximum Gasteiger partial charge on any atom is 0.340 e. The van der Waals surface area contributed by atoms with Crippen molar-refractivity contribution >= 4 is 39.9 Å². The molecule has 0 aliphatic carbocycles. The van der Waals surface area contributed by atoms with Gasteiger partial charge in [0.2, 0.25) is 5.91 Å². The maximum absolute atomic E-state index is 12.6. The van der Waals surface area contributed by atoms with Gasteiger partial charge in [-0.25, -0.2) is 9.78 Å².